The molecule has 0 saturated heterocycles. The van der Waals surface area contributed by atoms with E-state index in [2.05, 4.69) is 5.32 Å². The van der Waals surface area contributed by atoms with E-state index in [1.807, 2.05) is 6.07 Å². The summed E-state index contributed by atoms with van der Waals surface area (Å²) in [6, 6.07) is 6.16. The Morgan fingerprint density at radius 1 is 1.69 bits per heavy atom. The molecule has 1 unspecified atom stereocenters. The van der Waals surface area contributed by atoms with E-state index in [1.54, 1.807) is 6.92 Å². The van der Waals surface area contributed by atoms with Gasteiger partial charge in [0.05, 0.1) is 22.6 Å². The lowest BCUT2D eigenvalue weighted by Crippen LogP contribution is -2.28. The summed E-state index contributed by atoms with van der Waals surface area (Å²) in [7, 11) is 0. The molecule has 0 aliphatic rings. The van der Waals surface area contributed by atoms with Crippen molar-refractivity contribution in [2.45, 2.75) is 6.92 Å². The predicted octanol–water partition coefficient (Wildman–Crippen LogP) is 2.37. The van der Waals surface area contributed by atoms with Gasteiger partial charge in [-0.1, -0.05) is 17.7 Å². The number of nitrogens with one attached hydrogen (secondary N) is 1. The van der Waals surface area contributed by atoms with Crippen LogP contribution in [-0.2, 0) is 0 Å². The average Bonchev–Trinajstić information content (AvgIpc) is 2.29. The van der Waals surface area contributed by atoms with Crippen LogP contribution in [0.2, 0.25) is 5.02 Å². The number of hydrogen-bond acceptors (Lipinski definition) is 2. The van der Waals surface area contributed by atoms with Crippen LogP contribution in [0.1, 0.15) is 17.3 Å². The monoisotopic (exact) mass is 240 g/mol. The van der Waals surface area contributed by atoms with Gasteiger partial charge in [0.2, 0.25) is 0 Å². The van der Waals surface area contributed by atoms with Gasteiger partial charge in [0.1, 0.15) is 0 Å². The third-order valence-electron chi connectivity index (χ3n) is 1.99. The molecule has 1 aromatic carbocycles. The molecule has 0 radical (unpaired) electrons. The molecule has 0 saturated carbocycles. The highest BCUT2D eigenvalue weighted by Crippen LogP contribution is 2.17. The molecule has 1 rings (SSSR count). The van der Waals surface area contributed by atoms with E-state index in [0.717, 1.165) is 0 Å². The lowest BCUT2D eigenvalue weighted by Gasteiger charge is -2.07. The van der Waals surface area contributed by atoms with Crippen LogP contribution >= 0.6 is 11.6 Å². The third kappa shape index (κ3) is 2.94. The molecule has 0 heterocycles. The smallest absolute Gasteiger partial charge is 0.254 e. The lowest BCUT2D eigenvalue weighted by atomic mass is 10.1. The van der Waals surface area contributed by atoms with Gasteiger partial charge in [-0.25, -0.2) is 4.39 Å². The van der Waals surface area contributed by atoms with Gasteiger partial charge in [0.25, 0.3) is 5.91 Å². The molecule has 1 N–H and O–H groups in total. The number of benzene rings is 1. The molecule has 3 nitrogen and oxygen atoms in total. The largest absolute Gasteiger partial charge is 0.351 e. The Labute approximate surface area is 97.8 Å². The zero-order valence-electron chi connectivity index (χ0n) is 8.63. The van der Waals surface area contributed by atoms with Gasteiger partial charge in [-0.15, -0.1) is 0 Å². The molecular weight excluding hydrogens is 231 g/mol. The Hall–Kier alpha value is -1.60. The molecule has 0 fully saturated rings. The van der Waals surface area contributed by atoms with Crippen LogP contribution in [0.15, 0.2) is 18.2 Å². The van der Waals surface area contributed by atoms with Crippen molar-refractivity contribution < 1.29 is 9.18 Å². The number of nitrogens with zero attached hydrogens (tertiary/aromatic N) is 1. The zero-order valence-corrected chi connectivity index (χ0v) is 9.38. The van der Waals surface area contributed by atoms with Crippen molar-refractivity contribution in [3.63, 3.8) is 0 Å². The van der Waals surface area contributed by atoms with Crippen LogP contribution in [0, 0.1) is 23.1 Å². The second kappa shape index (κ2) is 5.47. The van der Waals surface area contributed by atoms with Crippen LogP contribution < -0.4 is 5.32 Å². The minimum Gasteiger partial charge on any atom is -0.351 e. The first-order valence-corrected chi connectivity index (χ1v) is 5.06. The molecule has 0 aliphatic carbocycles. The van der Waals surface area contributed by atoms with E-state index in [1.165, 1.54) is 18.2 Å². The summed E-state index contributed by atoms with van der Waals surface area (Å²) in [4.78, 5) is 11.5. The van der Waals surface area contributed by atoms with Gasteiger partial charge in [0, 0.05) is 6.54 Å². The van der Waals surface area contributed by atoms with E-state index in [9.17, 15) is 9.18 Å². The Morgan fingerprint density at radius 3 is 3.00 bits per heavy atom. The highest BCUT2D eigenvalue weighted by atomic mass is 35.5. The Balaban J connectivity index is 2.75. The molecule has 1 atom stereocenters. The Morgan fingerprint density at radius 2 is 2.38 bits per heavy atom. The predicted molar refractivity (Wildman–Crippen MR) is 58.5 cm³/mol. The number of carbonyl (C=O) groups is 1. The van der Waals surface area contributed by atoms with Crippen molar-refractivity contribution in [3.05, 3.63) is 34.6 Å². The van der Waals surface area contributed by atoms with Crippen molar-refractivity contribution in [2.75, 3.05) is 6.54 Å². The van der Waals surface area contributed by atoms with Gasteiger partial charge in [0.15, 0.2) is 5.82 Å². The normalized spacial score (nSPS) is 11.6. The first-order valence-electron chi connectivity index (χ1n) is 4.68. The maximum atomic E-state index is 13.4. The SMILES string of the molecule is CC(C#N)CNC(=O)c1cccc(Cl)c1F. The van der Waals surface area contributed by atoms with Gasteiger partial charge in [-0.3, -0.25) is 4.79 Å². The van der Waals surface area contributed by atoms with Crippen molar-refractivity contribution in [1.82, 2.24) is 5.32 Å². The average molecular weight is 241 g/mol. The molecule has 1 aromatic rings. The molecule has 16 heavy (non-hydrogen) atoms. The quantitative estimate of drug-likeness (QED) is 0.882. The van der Waals surface area contributed by atoms with Gasteiger partial charge in [-0.05, 0) is 19.1 Å². The van der Waals surface area contributed by atoms with Crippen LogP contribution in [0.5, 0.6) is 0 Å². The molecule has 0 bridgehead atoms. The van der Waals surface area contributed by atoms with Crippen molar-refractivity contribution in [2.24, 2.45) is 5.92 Å². The van der Waals surface area contributed by atoms with Gasteiger partial charge >= 0.3 is 0 Å². The highest BCUT2D eigenvalue weighted by Gasteiger charge is 2.14. The van der Waals surface area contributed by atoms with E-state index in [4.69, 9.17) is 16.9 Å². The van der Waals surface area contributed by atoms with Crippen molar-refractivity contribution in [1.29, 1.82) is 5.26 Å². The van der Waals surface area contributed by atoms with Gasteiger partial charge in [-0.2, -0.15) is 5.26 Å². The second-order valence-electron chi connectivity index (χ2n) is 3.34. The number of rotatable bonds is 3. The fourth-order valence-corrected chi connectivity index (χ4v) is 1.24. The molecular formula is C11H10ClFN2O. The number of hydrogen-bond donors (Lipinski definition) is 1. The molecule has 0 aliphatic heterocycles. The zero-order chi connectivity index (χ0) is 12.1. The lowest BCUT2D eigenvalue weighted by molar-refractivity contribution is 0.0947. The number of nitriles is 1. The van der Waals surface area contributed by atoms with E-state index < -0.39 is 11.7 Å². The van der Waals surface area contributed by atoms with Crippen LogP contribution in [0.3, 0.4) is 0 Å². The molecule has 84 valence electrons. The fraction of sp³-hybridized carbons (Fsp3) is 0.273. The third-order valence-corrected chi connectivity index (χ3v) is 2.28. The van der Waals surface area contributed by atoms with E-state index >= 15 is 0 Å². The minimum absolute atomic E-state index is 0.0963. The van der Waals surface area contributed by atoms with Crippen LogP contribution in [-0.4, -0.2) is 12.5 Å². The summed E-state index contributed by atoms with van der Waals surface area (Å²) in [5.74, 6) is -1.63. The summed E-state index contributed by atoms with van der Waals surface area (Å²) in [6.45, 7) is 1.84. The summed E-state index contributed by atoms with van der Waals surface area (Å²) < 4.78 is 13.4. The molecule has 0 aromatic heterocycles. The maximum Gasteiger partial charge on any atom is 0.254 e. The van der Waals surface area contributed by atoms with Crippen molar-refractivity contribution in [3.8, 4) is 6.07 Å². The summed E-state index contributed by atoms with van der Waals surface area (Å²) in [6.07, 6.45) is 0. The molecule has 5 heteroatoms. The van der Waals surface area contributed by atoms with Gasteiger partial charge < -0.3 is 5.32 Å². The summed E-state index contributed by atoms with van der Waals surface area (Å²) in [5.41, 5.74) is -0.113. The maximum absolute atomic E-state index is 13.4. The number of carbonyl (C=O) groups excluding carboxylic acids is 1. The Kier molecular flexibility index (Phi) is 4.27. The number of halogens is 2. The van der Waals surface area contributed by atoms with Crippen LogP contribution in [0.4, 0.5) is 4.39 Å². The second-order valence-corrected chi connectivity index (χ2v) is 3.75. The highest BCUT2D eigenvalue weighted by molar-refractivity contribution is 6.31. The standard InChI is InChI=1S/C11H10ClFN2O/c1-7(5-14)6-15-11(16)8-3-2-4-9(12)10(8)13/h2-4,7H,6H2,1H3,(H,15,16). The summed E-state index contributed by atoms with van der Waals surface area (Å²) >= 11 is 5.54. The minimum atomic E-state index is -0.744. The fourth-order valence-electron chi connectivity index (χ4n) is 1.07. The summed E-state index contributed by atoms with van der Waals surface area (Å²) in [5, 5.41) is 10.9. The van der Waals surface area contributed by atoms with Crippen LogP contribution in [0.25, 0.3) is 0 Å². The molecule has 0 spiro atoms. The Bertz CT molecular complexity index is 442. The van der Waals surface area contributed by atoms with Crippen molar-refractivity contribution >= 4 is 17.5 Å². The van der Waals surface area contributed by atoms with E-state index in [-0.39, 0.29) is 23.0 Å². The first kappa shape index (κ1) is 12.5. The molecule has 1 amide bonds. The topological polar surface area (TPSA) is 52.9 Å². The first-order chi connectivity index (χ1) is 7.56. The van der Waals surface area contributed by atoms with E-state index in [0.29, 0.717) is 0 Å². The number of amides is 1.